The van der Waals surface area contributed by atoms with Crippen molar-refractivity contribution in [1.82, 2.24) is 5.32 Å². The Morgan fingerprint density at radius 3 is 2.58 bits per heavy atom. The molecule has 0 radical (unpaired) electrons. The Kier molecular flexibility index (Phi) is 7.60. The number of amides is 1. The molecule has 0 heterocycles. The van der Waals surface area contributed by atoms with Gasteiger partial charge < -0.3 is 10.1 Å². The van der Waals surface area contributed by atoms with Crippen molar-refractivity contribution < 1.29 is 9.53 Å². The lowest BCUT2D eigenvalue weighted by Crippen LogP contribution is -2.34. The number of thiocarbonyl (C=S) groups is 1. The normalized spacial score (nSPS) is 10.3. The van der Waals surface area contributed by atoms with Crippen LogP contribution in [0.1, 0.15) is 41.3 Å². The van der Waals surface area contributed by atoms with Gasteiger partial charge in [0.1, 0.15) is 5.75 Å². The Labute approximate surface area is 168 Å². The van der Waals surface area contributed by atoms with Gasteiger partial charge in [-0.25, -0.2) is 0 Å². The number of carbonyl (C=O) groups excluding carboxylic acids is 1. The van der Waals surface area contributed by atoms with Gasteiger partial charge in [0.2, 0.25) is 0 Å². The number of benzene rings is 2. The van der Waals surface area contributed by atoms with Crippen molar-refractivity contribution in [1.29, 1.82) is 0 Å². The van der Waals surface area contributed by atoms with Crippen molar-refractivity contribution in [2.45, 2.75) is 33.6 Å². The molecule has 2 aromatic carbocycles. The maximum Gasteiger partial charge on any atom is 0.257 e. The van der Waals surface area contributed by atoms with Crippen LogP contribution in [0.5, 0.6) is 5.75 Å². The van der Waals surface area contributed by atoms with E-state index < -0.39 is 0 Å². The van der Waals surface area contributed by atoms with Gasteiger partial charge in [0.15, 0.2) is 5.11 Å². The first-order valence-corrected chi connectivity index (χ1v) is 9.72. The Balaban J connectivity index is 1.96. The summed E-state index contributed by atoms with van der Waals surface area (Å²) >= 11 is 8.69. The first-order valence-electron chi connectivity index (χ1n) is 8.52. The van der Waals surface area contributed by atoms with Crippen LogP contribution in [-0.4, -0.2) is 17.6 Å². The minimum atomic E-state index is -0.271. The molecule has 0 fully saturated rings. The number of hydrogen-bond donors (Lipinski definition) is 2. The van der Waals surface area contributed by atoms with Gasteiger partial charge in [-0.05, 0) is 89.9 Å². The van der Waals surface area contributed by atoms with E-state index in [2.05, 4.69) is 33.5 Å². The fourth-order valence-electron chi connectivity index (χ4n) is 2.24. The van der Waals surface area contributed by atoms with Gasteiger partial charge in [0.05, 0.1) is 11.1 Å². The molecule has 1 amide bonds. The fraction of sp³-hybridized carbons (Fsp3) is 0.300. The van der Waals surface area contributed by atoms with E-state index in [1.54, 1.807) is 18.2 Å². The number of aryl methyl sites for hydroxylation is 2. The molecule has 0 atom stereocenters. The van der Waals surface area contributed by atoms with Gasteiger partial charge in [-0.15, -0.1) is 0 Å². The van der Waals surface area contributed by atoms with Crippen molar-refractivity contribution >= 4 is 44.9 Å². The van der Waals surface area contributed by atoms with Crippen molar-refractivity contribution in [3.63, 3.8) is 0 Å². The smallest absolute Gasteiger partial charge is 0.257 e. The summed E-state index contributed by atoms with van der Waals surface area (Å²) in [5.41, 5.74) is 3.71. The lowest BCUT2D eigenvalue weighted by molar-refractivity contribution is 0.0977. The summed E-state index contributed by atoms with van der Waals surface area (Å²) in [5, 5.41) is 5.99. The second-order valence-corrected chi connectivity index (χ2v) is 7.32. The molecule has 0 spiro atoms. The fourth-order valence-corrected chi connectivity index (χ4v) is 2.95. The molecule has 0 bridgehead atoms. The van der Waals surface area contributed by atoms with E-state index in [0.717, 1.165) is 34.3 Å². The molecule has 2 N–H and O–H groups in total. The van der Waals surface area contributed by atoms with Gasteiger partial charge in [-0.1, -0.05) is 19.4 Å². The molecule has 2 aromatic rings. The number of nitrogens with one attached hydrogen (secondary N) is 2. The maximum absolute atomic E-state index is 12.4. The van der Waals surface area contributed by atoms with Crippen LogP contribution in [0.25, 0.3) is 0 Å². The van der Waals surface area contributed by atoms with Crippen LogP contribution >= 0.6 is 28.1 Å². The Morgan fingerprint density at radius 1 is 1.15 bits per heavy atom. The molecule has 6 heteroatoms. The third-order valence-corrected chi connectivity index (χ3v) is 4.77. The van der Waals surface area contributed by atoms with Gasteiger partial charge in [-0.3, -0.25) is 10.1 Å². The number of hydrogen-bond acceptors (Lipinski definition) is 3. The third-order valence-electron chi connectivity index (χ3n) is 3.94. The van der Waals surface area contributed by atoms with E-state index in [4.69, 9.17) is 17.0 Å². The Bertz CT molecular complexity index is 808. The highest BCUT2D eigenvalue weighted by molar-refractivity contribution is 9.10. The quantitative estimate of drug-likeness (QED) is 0.473. The monoisotopic (exact) mass is 434 g/mol. The molecular formula is C20H23BrN2O2S. The largest absolute Gasteiger partial charge is 0.492 e. The molecule has 2 rings (SSSR count). The highest BCUT2D eigenvalue weighted by atomic mass is 79.9. The number of carbonyl (C=O) groups is 1. The minimum absolute atomic E-state index is 0.262. The second-order valence-electron chi connectivity index (χ2n) is 6.05. The molecule has 0 unspecified atom stereocenters. The molecule has 26 heavy (non-hydrogen) atoms. The SMILES string of the molecule is CCCCOc1ccc(C(=O)NC(=S)Nc2ccc(C)c(C)c2)cc1Br. The van der Waals surface area contributed by atoms with Gasteiger partial charge in [0, 0.05) is 11.3 Å². The predicted octanol–water partition coefficient (Wildman–Crippen LogP) is 5.37. The molecule has 4 nitrogen and oxygen atoms in total. The van der Waals surface area contributed by atoms with Crippen LogP contribution in [-0.2, 0) is 0 Å². The van der Waals surface area contributed by atoms with Crippen molar-refractivity contribution in [3.05, 3.63) is 57.6 Å². The molecule has 0 aliphatic heterocycles. The Hall–Kier alpha value is -1.92. The van der Waals surface area contributed by atoms with Crippen LogP contribution in [0, 0.1) is 13.8 Å². The zero-order chi connectivity index (χ0) is 19.1. The van der Waals surface area contributed by atoms with Gasteiger partial charge in [-0.2, -0.15) is 0 Å². The van der Waals surface area contributed by atoms with Crippen LogP contribution < -0.4 is 15.4 Å². The average molecular weight is 435 g/mol. The minimum Gasteiger partial charge on any atom is -0.492 e. The first-order chi connectivity index (χ1) is 12.4. The lowest BCUT2D eigenvalue weighted by Gasteiger charge is -2.12. The van der Waals surface area contributed by atoms with E-state index in [9.17, 15) is 4.79 Å². The maximum atomic E-state index is 12.4. The van der Waals surface area contributed by atoms with Crippen molar-refractivity contribution in [2.24, 2.45) is 0 Å². The molecule has 0 aromatic heterocycles. The Morgan fingerprint density at radius 2 is 1.92 bits per heavy atom. The summed E-state index contributed by atoms with van der Waals surface area (Å²) in [6, 6.07) is 11.2. The topological polar surface area (TPSA) is 50.4 Å². The van der Waals surface area contributed by atoms with Crippen LogP contribution in [0.2, 0.25) is 0 Å². The van der Waals surface area contributed by atoms with Crippen molar-refractivity contribution in [2.75, 3.05) is 11.9 Å². The van der Waals surface area contributed by atoms with Gasteiger partial charge >= 0.3 is 0 Å². The summed E-state index contributed by atoms with van der Waals surface area (Å²) in [6.45, 7) is 6.85. The summed E-state index contributed by atoms with van der Waals surface area (Å²) < 4.78 is 6.42. The molecular weight excluding hydrogens is 412 g/mol. The molecule has 0 saturated heterocycles. The second kappa shape index (κ2) is 9.69. The molecule has 138 valence electrons. The number of unbranched alkanes of at least 4 members (excludes halogenated alkanes) is 1. The van der Waals surface area contributed by atoms with Gasteiger partial charge in [0.25, 0.3) is 5.91 Å². The molecule has 0 aliphatic rings. The summed E-state index contributed by atoms with van der Waals surface area (Å²) in [7, 11) is 0. The highest BCUT2D eigenvalue weighted by Gasteiger charge is 2.11. The third kappa shape index (κ3) is 5.81. The summed E-state index contributed by atoms with van der Waals surface area (Å²) in [5.74, 6) is 0.456. The zero-order valence-corrected chi connectivity index (χ0v) is 17.6. The molecule has 0 aliphatic carbocycles. The zero-order valence-electron chi connectivity index (χ0n) is 15.2. The average Bonchev–Trinajstić information content (AvgIpc) is 2.59. The first kappa shape index (κ1) is 20.4. The number of ether oxygens (including phenoxy) is 1. The standard InChI is InChI=1S/C20H23BrN2O2S/c1-4-5-10-25-18-9-7-15(12-17(18)21)19(24)23-20(26)22-16-8-6-13(2)14(3)11-16/h6-9,11-12H,4-5,10H2,1-3H3,(H2,22,23,24,26). The number of halogens is 1. The number of anilines is 1. The summed E-state index contributed by atoms with van der Waals surface area (Å²) in [6.07, 6.45) is 2.07. The van der Waals surface area contributed by atoms with E-state index in [1.807, 2.05) is 32.0 Å². The molecule has 0 saturated carbocycles. The predicted molar refractivity (Wildman–Crippen MR) is 114 cm³/mol. The van der Waals surface area contributed by atoms with Crippen molar-refractivity contribution in [3.8, 4) is 5.75 Å². The summed E-state index contributed by atoms with van der Waals surface area (Å²) in [4.78, 5) is 12.4. The van der Waals surface area contributed by atoms with E-state index in [1.165, 1.54) is 5.56 Å². The number of rotatable bonds is 6. The van der Waals surface area contributed by atoms with E-state index in [0.29, 0.717) is 12.2 Å². The van der Waals surface area contributed by atoms with Crippen LogP contribution in [0.3, 0.4) is 0 Å². The van der Waals surface area contributed by atoms with E-state index >= 15 is 0 Å². The van der Waals surface area contributed by atoms with Crippen LogP contribution in [0.4, 0.5) is 5.69 Å². The lowest BCUT2D eigenvalue weighted by atomic mass is 10.1. The van der Waals surface area contributed by atoms with E-state index in [-0.39, 0.29) is 11.0 Å². The highest BCUT2D eigenvalue weighted by Crippen LogP contribution is 2.26. The van der Waals surface area contributed by atoms with Crippen LogP contribution in [0.15, 0.2) is 40.9 Å².